The van der Waals surface area contributed by atoms with Crippen molar-refractivity contribution in [3.8, 4) is 5.75 Å². The molecule has 162 valence electrons. The van der Waals surface area contributed by atoms with Gasteiger partial charge in [-0.2, -0.15) is 0 Å². The number of piperazine rings is 1. The molecule has 0 aromatic heterocycles. The van der Waals surface area contributed by atoms with Crippen LogP contribution in [0.1, 0.15) is 31.7 Å². The molecule has 1 fully saturated rings. The molecular formula is C21H27N3O5S. The maximum atomic E-state index is 12.3. The van der Waals surface area contributed by atoms with Crippen molar-refractivity contribution >= 4 is 41.2 Å². The van der Waals surface area contributed by atoms with E-state index in [1.54, 1.807) is 30.2 Å². The van der Waals surface area contributed by atoms with Crippen LogP contribution in [0.5, 0.6) is 5.75 Å². The lowest BCUT2D eigenvalue weighted by molar-refractivity contribution is -0.147. The number of carbonyl (C=O) groups is 3. The van der Waals surface area contributed by atoms with Gasteiger partial charge >= 0.3 is 5.97 Å². The first-order valence-electron chi connectivity index (χ1n) is 9.81. The third-order valence-electron chi connectivity index (χ3n) is 4.49. The predicted molar refractivity (Wildman–Crippen MR) is 117 cm³/mol. The van der Waals surface area contributed by atoms with E-state index in [2.05, 4.69) is 10.6 Å². The highest BCUT2D eigenvalue weighted by molar-refractivity contribution is 7.80. The van der Waals surface area contributed by atoms with Gasteiger partial charge in [0.05, 0.1) is 20.1 Å². The average molecular weight is 434 g/mol. The summed E-state index contributed by atoms with van der Waals surface area (Å²) in [6, 6.07) is 6.40. The fourth-order valence-corrected chi connectivity index (χ4v) is 3.13. The van der Waals surface area contributed by atoms with Crippen molar-refractivity contribution in [3.05, 3.63) is 35.9 Å². The first kappa shape index (κ1) is 23.3. The van der Waals surface area contributed by atoms with Gasteiger partial charge in [0.2, 0.25) is 11.8 Å². The number of esters is 1. The number of nitrogens with one attached hydrogen (secondary N) is 2. The fourth-order valence-electron chi connectivity index (χ4n) is 2.81. The maximum absolute atomic E-state index is 12.3. The van der Waals surface area contributed by atoms with E-state index < -0.39 is 17.9 Å². The third kappa shape index (κ3) is 7.14. The van der Waals surface area contributed by atoms with Crippen LogP contribution in [0.4, 0.5) is 0 Å². The van der Waals surface area contributed by atoms with Crippen LogP contribution in [-0.4, -0.2) is 60.6 Å². The molecule has 1 aromatic carbocycles. The molecular weight excluding hydrogens is 406 g/mol. The summed E-state index contributed by atoms with van der Waals surface area (Å²) in [4.78, 5) is 38.1. The predicted octanol–water partition coefficient (Wildman–Crippen LogP) is 1.64. The molecule has 2 amide bonds. The smallest absolute Gasteiger partial charge is 0.308 e. The highest BCUT2D eigenvalue weighted by atomic mass is 32.1. The average Bonchev–Trinajstić information content (AvgIpc) is 2.74. The fraction of sp³-hybridized carbons (Fsp3) is 0.429. The lowest BCUT2D eigenvalue weighted by Crippen LogP contribution is -2.60. The molecule has 0 bridgehead atoms. The molecule has 1 aromatic rings. The van der Waals surface area contributed by atoms with Gasteiger partial charge in [-0.15, -0.1) is 0 Å². The van der Waals surface area contributed by atoms with Crippen LogP contribution in [0.2, 0.25) is 0 Å². The molecule has 1 unspecified atom stereocenters. The van der Waals surface area contributed by atoms with Gasteiger partial charge in [-0.05, 0) is 42.4 Å². The topological polar surface area (TPSA) is 97.0 Å². The van der Waals surface area contributed by atoms with E-state index in [1.165, 1.54) is 6.08 Å². The number of hydrogen-bond donors (Lipinski definition) is 2. The summed E-state index contributed by atoms with van der Waals surface area (Å²) in [5.41, 5.74) is 0.821. The van der Waals surface area contributed by atoms with Crippen molar-refractivity contribution in [3.63, 3.8) is 0 Å². The number of benzene rings is 1. The van der Waals surface area contributed by atoms with Gasteiger partial charge in [0.15, 0.2) is 5.11 Å². The summed E-state index contributed by atoms with van der Waals surface area (Å²) in [6.45, 7) is 3.08. The molecule has 8 nitrogen and oxygen atoms in total. The lowest BCUT2D eigenvalue weighted by Gasteiger charge is -2.36. The second kappa shape index (κ2) is 11.9. The number of carbonyl (C=O) groups excluding carboxylic acids is 3. The monoisotopic (exact) mass is 433 g/mol. The van der Waals surface area contributed by atoms with Gasteiger partial charge in [-0.3, -0.25) is 19.7 Å². The molecule has 1 heterocycles. The molecule has 1 aliphatic rings. The quantitative estimate of drug-likeness (QED) is 0.278. The zero-order valence-electron chi connectivity index (χ0n) is 17.2. The zero-order valence-corrected chi connectivity index (χ0v) is 18.0. The summed E-state index contributed by atoms with van der Waals surface area (Å²) >= 11 is 5.31. The molecule has 1 aliphatic heterocycles. The first-order chi connectivity index (χ1) is 14.4. The number of ether oxygens (including phenoxy) is 2. The van der Waals surface area contributed by atoms with Crippen LogP contribution < -0.4 is 15.4 Å². The minimum atomic E-state index is -0.814. The Labute approximate surface area is 181 Å². The van der Waals surface area contributed by atoms with Crippen LogP contribution in [-0.2, 0) is 19.1 Å². The number of amides is 2. The van der Waals surface area contributed by atoms with Crippen molar-refractivity contribution in [2.75, 3.05) is 26.8 Å². The van der Waals surface area contributed by atoms with Crippen LogP contribution in [0.3, 0.4) is 0 Å². The first-order valence-corrected chi connectivity index (χ1v) is 10.2. The molecule has 0 spiro atoms. The summed E-state index contributed by atoms with van der Waals surface area (Å²) < 4.78 is 10.2. The maximum Gasteiger partial charge on any atom is 0.308 e. The molecule has 1 saturated heterocycles. The second-order valence-corrected chi connectivity index (χ2v) is 7.07. The summed E-state index contributed by atoms with van der Waals surface area (Å²) in [5, 5.41) is 5.41. The van der Waals surface area contributed by atoms with Gasteiger partial charge in [-0.25, -0.2) is 0 Å². The van der Waals surface area contributed by atoms with E-state index in [0.29, 0.717) is 19.7 Å². The van der Waals surface area contributed by atoms with Gasteiger partial charge in [-0.1, -0.05) is 25.5 Å². The molecule has 1 atom stereocenters. The Morgan fingerprint density at radius 1 is 1.33 bits per heavy atom. The SMILES string of the molecule is CCCCOC(=O)CC1C(=O)NCCN1C(=S)NC(=O)C=Cc1ccc(OC)cc1. The lowest BCUT2D eigenvalue weighted by atomic mass is 10.1. The Balaban J connectivity index is 1.94. The van der Waals surface area contributed by atoms with E-state index >= 15 is 0 Å². The number of rotatable bonds is 8. The van der Waals surface area contributed by atoms with Gasteiger partial charge in [0.25, 0.3) is 0 Å². The van der Waals surface area contributed by atoms with E-state index in [9.17, 15) is 14.4 Å². The Kier molecular flexibility index (Phi) is 9.27. The van der Waals surface area contributed by atoms with Crippen molar-refractivity contribution in [1.29, 1.82) is 0 Å². The normalized spacial score (nSPS) is 16.1. The third-order valence-corrected chi connectivity index (χ3v) is 4.82. The van der Waals surface area contributed by atoms with Gasteiger partial charge in [0, 0.05) is 19.2 Å². The van der Waals surface area contributed by atoms with E-state index in [-0.39, 0.29) is 17.4 Å². The van der Waals surface area contributed by atoms with E-state index in [4.69, 9.17) is 21.7 Å². The number of hydrogen-bond acceptors (Lipinski definition) is 6. The van der Waals surface area contributed by atoms with Crippen LogP contribution >= 0.6 is 12.2 Å². The van der Waals surface area contributed by atoms with Crippen LogP contribution in [0.15, 0.2) is 30.3 Å². The Bertz CT molecular complexity index is 794. The molecule has 0 saturated carbocycles. The Morgan fingerprint density at radius 2 is 2.07 bits per heavy atom. The Hall–Kier alpha value is -2.94. The highest BCUT2D eigenvalue weighted by Gasteiger charge is 2.34. The minimum Gasteiger partial charge on any atom is -0.497 e. The van der Waals surface area contributed by atoms with E-state index in [1.807, 2.05) is 19.1 Å². The molecule has 0 aliphatic carbocycles. The summed E-state index contributed by atoms with van der Waals surface area (Å²) in [7, 11) is 1.58. The summed E-state index contributed by atoms with van der Waals surface area (Å²) in [5.74, 6) is -0.491. The molecule has 2 N–H and O–H groups in total. The number of thiocarbonyl (C=S) groups is 1. The molecule has 30 heavy (non-hydrogen) atoms. The number of unbranched alkanes of at least 4 members (excludes halogenated alkanes) is 1. The molecule has 9 heteroatoms. The van der Waals surface area contributed by atoms with Crippen molar-refractivity contribution in [2.24, 2.45) is 0 Å². The van der Waals surface area contributed by atoms with Crippen molar-refractivity contribution in [1.82, 2.24) is 15.5 Å². The van der Waals surface area contributed by atoms with Crippen LogP contribution in [0, 0.1) is 0 Å². The largest absolute Gasteiger partial charge is 0.497 e. The second-order valence-electron chi connectivity index (χ2n) is 6.68. The summed E-state index contributed by atoms with van der Waals surface area (Å²) in [6.07, 6.45) is 4.53. The van der Waals surface area contributed by atoms with E-state index in [0.717, 1.165) is 24.2 Å². The zero-order chi connectivity index (χ0) is 21.9. The molecule has 0 radical (unpaired) electrons. The number of nitrogens with zero attached hydrogens (tertiary/aromatic N) is 1. The van der Waals surface area contributed by atoms with Gasteiger partial charge < -0.3 is 19.7 Å². The minimum absolute atomic E-state index is 0.0978. The van der Waals surface area contributed by atoms with Crippen molar-refractivity contribution < 1.29 is 23.9 Å². The van der Waals surface area contributed by atoms with Crippen LogP contribution in [0.25, 0.3) is 6.08 Å². The highest BCUT2D eigenvalue weighted by Crippen LogP contribution is 2.13. The van der Waals surface area contributed by atoms with Gasteiger partial charge in [0.1, 0.15) is 11.8 Å². The van der Waals surface area contributed by atoms with Crippen molar-refractivity contribution in [2.45, 2.75) is 32.2 Å². The Morgan fingerprint density at radius 3 is 2.73 bits per heavy atom. The number of methoxy groups -OCH3 is 1. The molecule has 2 rings (SSSR count). The standard InChI is InChI=1S/C21H27N3O5S/c1-3-4-13-29-19(26)14-17-20(27)22-11-12-24(17)21(30)23-18(25)10-7-15-5-8-16(28-2)9-6-15/h5-10,17H,3-4,11-14H2,1-2H3,(H,22,27)(H,23,25,30).